The average molecular weight is 650 g/mol. The maximum atomic E-state index is 13.4. The zero-order valence-electron chi connectivity index (χ0n) is 23.0. The first-order valence-electron chi connectivity index (χ1n) is 14.1. The Morgan fingerprint density at radius 3 is 2.30 bits per heavy atom. The second-order valence-corrected chi connectivity index (χ2v) is 12.5. The number of carboxylic acids is 1. The molecule has 0 aromatic carbocycles. The molecule has 15 heteroatoms. The van der Waals surface area contributed by atoms with Gasteiger partial charge in [-0.05, 0) is 63.5 Å². The topological polar surface area (TPSA) is 137 Å². The van der Waals surface area contributed by atoms with Crippen LogP contribution in [0.5, 0.6) is 0 Å². The van der Waals surface area contributed by atoms with Gasteiger partial charge in [0.2, 0.25) is 11.7 Å². The summed E-state index contributed by atoms with van der Waals surface area (Å²) in [5.41, 5.74) is -1.14. The number of pyridine rings is 2. The zero-order chi connectivity index (χ0) is 30.9. The number of carboxylic acid groups (broad SMARTS) is 1. The Bertz CT molecular complexity index is 1730. The van der Waals surface area contributed by atoms with E-state index in [1.807, 2.05) is 0 Å². The van der Waals surface area contributed by atoms with E-state index in [0.717, 1.165) is 36.3 Å². The Morgan fingerprint density at radius 1 is 1.00 bits per heavy atom. The summed E-state index contributed by atoms with van der Waals surface area (Å²) in [7, 11) is 0. The molecule has 4 heterocycles. The van der Waals surface area contributed by atoms with Crippen LogP contribution in [0, 0.1) is 0 Å². The number of fused-ring (bicyclic) bond motifs is 3. The number of ether oxygens (including phenoxy) is 1. The van der Waals surface area contributed by atoms with Crippen LogP contribution in [0.1, 0.15) is 90.7 Å². The predicted molar refractivity (Wildman–Crippen MR) is 148 cm³/mol. The quantitative estimate of drug-likeness (QED) is 0.202. The number of nitrogens with zero attached hydrogens (tertiary/aromatic N) is 5. The first-order valence-corrected chi connectivity index (χ1v) is 14.8. The molecule has 4 aromatic rings. The summed E-state index contributed by atoms with van der Waals surface area (Å²) in [6.45, 7) is 0.271. The van der Waals surface area contributed by atoms with E-state index in [4.69, 9.17) is 37.0 Å². The van der Waals surface area contributed by atoms with Crippen LogP contribution in [0.2, 0.25) is 10.0 Å². The number of alkyl halides is 3. The van der Waals surface area contributed by atoms with Crippen LogP contribution in [-0.4, -0.2) is 41.9 Å². The van der Waals surface area contributed by atoms with Crippen molar-refractivity contribution >= 4 is 29.2 Å². The van der Waals surface area contributed by atoms with E-state index < -0.39 is 34.5 Å². The Labute approximate surface area is 257 Å². The summed E-state index contributed by atoms with van der Waals surface area (Å²) in [5.74, 6) is -0.324. The van der Waals surface area contributed by atoms with Gasteiger partial charge in [-0.2, -0.15) is 18.2 Å². The van der Waals surface area contributed by atoms with Gasteiger partial charge in [-0.15, -0.1) is 0 Å². The van der Waals surface area contributed by atoms with Crippen LogP contribution in [0.3, 0.4) is 0 Å². The average Bonchev–Trinajstić information content (AvgIpc) is 3.56. The molecule has 10 nitrogen and oxygen atoms in total. The molecular formula is C29H24Cl2F3N5O5. The van der Waals surface area contributed by atoms with Crippen LogP contribution in [0.25, 0.3) is 22.6 Å². The van der Waals surface area contributed by atoms with Gasteiger partial charge in [-0.25, -0.2) is 9.78 Å². The summed E-state index contributed by atoms with van der Waals surface area (Å²) in [4.78, 5) is 23.1. The van der Waals surface area contributed by atoms with Gasteiger partial charge in [0.05, 0.1) is 27.7 Å². The summed E-state index contributed by atoms with van der Waals surface area (Å²) in [5, 5.41) is 18.3. The second kappa shape index (κ2) is 10.5. The highest BCUT2D eigenvalue weighted by Gasteiger charge is 2.53. The molecule has 4 fully saturated rings. The zero-order valence-corrected chi connectivity index (χ0v) is 24.5. The molecule has 2 bridgehead atoms. The molecule has 4 aliphatic rings. The first kappa shape index (κ1) is 29.2. The SMILES string of the molecule is O=C(O)c1cc(-c2noc(C34CCC(OCc5c(-c6c(Cl)cncc6Cl)noc5C5CC5)(CC3)CC4)n2)cc(C(F)(F)F)n1. The smallest absolute Gasteiger partial charge is 0.433 e. The molecular weight excluding hydrogens is 626 g/mol. The Hall–Kier alpha value is -3.55. The van der Waals surface area contributed by atoms with Gasteiger partial charge < -0.3 is 18.9 Å². The summed E-state index contributed by atoms with van der Waals surface area (Å²) < 4.78 is 58.2. The minimum absolute atomic E-state index is 0.121. The van der Waals surface area contributed by atoms with Crippen LogP contribution in [-0.2, 0) is 22.9 Å². The lowest BCUT2D eigenvalue weighted by molar-refractivity contribution is -0.141. The monoisotopic (exact) mass is 649 g/mol. The fourth-order valence-corrected chi connectivity index (χ4v) is 6.89. The van der Waals surface area contributed by atoms with Crippen molar-refractivity contribution in [1.29, 1.82) is 0 Å². The van der Waals surface area contributed by atoms with Crippen LogP contribution in [0.4, 0.5) is 13.2 Å². The molecule has 8 rings (SSSR count). The van der Waals surface area contributed by atoms with Crippen LogP contribution >= 0.6 is 23.2 Å². The number of aromatic nitrogens is 5. The van der Waals surface area contributed by atoms with Crippen molar-refractivity contribution in [2.75, 3.05) is 0 Å². The molecule has 4 aromatic heterocycles. The van der Waals surface area contributed by atoms with Crippen molar-refractivity contribution in [2.45, 2.75) is 81.1 Å². The van der Waals surface area contributed by atoms with Gasteiger partial charge in [0.15, 0.2) is 0 Å². The number of hydrogen-bond acceptors (Lipinski definition) is 9. The molecule has 1 N–H and O–H groups in total. The van der Waals surface area contributed by atoms with Gasteiger partial charge in [0.25, 0.3) is 0 Å². The molecule has 0 spiro atoms. The van der Waals surface area contributed by atoms with Crippen molar-refractivity contribution in [1.82, 2.24) is 25.3 Å². The maximum absolute atomic E-state index is 13.4. The molecule has 0 atom stereocenters. The third-order valence-corrected chi connectivity index (χ3v) is 9.60. The lowest BCUT2D eigenvalue weighted by Gasteiger charge is -2.51. The van der Waals surface area contributed by atoms with E-state index in [1.165, 1.54) is 12.4 Å². The third kappa shape index (κ3) is 5.14. The van der Waals surface area contributed by atoms with Crippen molar-refractivity contribution < 1.29 is 36.9 Å². The fourth-order valence-electron chi connectivity index (χ4n) is 6.35. The van der Waals surface area contributed by atoms with Crippen LogP contribution < -0.4 is 0 Å². The molecule has 0 unspecified atom stereocenters. The van der Waals surface area contributed by atoms with E-state index in [2.05, 4.69) is 25.3 Å². The Balaban J connectivity index is 1.10. The van der Waals surface area contributed by atoms with Crippen LogP contribution in [0.15, 0.2) is 33.6 Å². The van der Waals surface area contributed by atoms with Gasteiger partial charge >= 0.3 is 12.1 Å². The molecule has 0 radical (unpaired) electrons. The minimum Gasteiger partial charge on any atom is -0.477 e. The Kier molecular flexibility index (Phi) is 6.98. The minimum atomic E-state index is -4.84. The number of rotatable bonds is 8. The molecule has 44 heavy (non-hydrogen) atoms. The number of aromatic carboxylic acids is 1. The van der Waals surface area contributed by atoms with Crippen molar-refractivity contribution in [3.63, 3.8) is 0 Å². The normalized spacial score (nSPS) is 23.3. The summed E-state index contributed by atoms with van der Waals surface area (Å²) in [6.07, 6.45) is 4.33. The van der Waals surface area contributed by atoms with E-state index in [1.54, 1.807) is 0 Å². The summed E-state index contributed by atoms with van der Waals surface area (Å²) >= 11 is 12.9. The van der Waals surface area contributed by atoms with E-state index >= 15 is 0 Å². The highest BCUT2D eigenvalue weighted by atomic mass is 35.5. The van der Waals surface area contributed by atoms with Crippen molar-refractivity contribution in [2.24, 2.45) is 0 Å². The first-order chi connectivity index (χ1) is 21.0. The summed E-state index contributed by atoms with van der Waals surface area (Å²) in [6, 6.07) is 1.73. The number of hydrogen-bond donors (Lipinski definition) is 1. The number of carbonyl (C=O) groups is 1. The van der Waals surface area contributed by atoms with E-state index in [-0.39, 0.29) is 23.9 Å². The van der Waals surface area contributed by atoms with Crippen molar-refractivity contribution in [3.05, 3.63) is 63.2 Å². The maximum Gasteiger partial charge on any atom is 0.433 e. The lowest BCUT2D eigenvalue weighted by atomic mass is 9.58. The van der Waals surface area contributed by atoms with E-state index in [9.17, 15) is 23.1 Å². The van der Waals surface area contributed by atoms with Gasteiger partial charge in [-0.1, -0.05) is 33.5 Å². The number of halogens is 5. The molecule has 4 aliphatic carbocycles. The van der Waals surface area contributed by atoms with Crippen molar-refractivity contribution in [3.8, 4) is 22.6 Å². The molecule has 0 aliphatic heterocycles. The highest BCUT2D eigenvalue weighted by molar-refractivity contribution is 6.38. The van der Waals surface area contributed by atoms with Gasteiger partial charge in [0, 0.05) is 35.0 Å². The van der Waals surface area contributed by atoms with Gasteiger partial charge in [0.1, 0.15) is 22.8 Å². The second-order valence-electron chi connectivity index (χ2n) is 11.7. The molecule has 0 saturated heterocycles. The highest BCUT2D eigenvalue weighted by Crippen LogP contribution is 2.55. The lowest BCUT2D eigenvalue weighted by Crippen LogP contribution is -2.49. The van der Waals surface area contributed by atoms with Gasteiger partial charge in [-0.3, -0.25) is 4.98 Å². The molecule has 230 valence electrons. The Morgan fingerprint density at radius 2 is 1.68 bits per heavy atom. The largest absolute Gasteiger partial charge is 0.477 e. The molecule has 0 amide bonds. The standard InChI is InChI=1S/C29H24Cl2F3N5O5/c30-17-11-35-12-18(31)21(17)22-16(23(43-38-22)14-1-2-14)13-42-28-6-3-27(4-7-28,5-8-28)26-37-24(39-44-26)15-9-19(25(40)41)36-20(10-15)29(32,33)34/h9-12,14H,1-8,13H2,(H,40,41). The fraction of sp³-hybridized carbons (Fsp3) is 0.448. The van der Waals surface area contributed by atoms with E-state index in [0.29, 0.717) is 65.7 Å². The molecule has 4 saturated carbocycles. The third-order valence-electron chi connectivity index (χ3n) is 9.03. The predicted octanol–water partition coefficient (Wildman–Crippen LogP) is 7.64.